The topological polar surface area (TPSA) is 108 Å². The molecule has 1 aromatic rings. The van der Waals surface area contributed by atoms with Crippen LogP contribution in [-0.4, -0.2) is 84.4 Å². The summed E-state index contributed by atoms with van der Waals surface area (Å²) in [5.41, 5.74) is 0. The number of amides is 4. The molecule has 2 unspecified atom stereocenters. The fourth-order valence-electron chi connectivity index (χ4n) is 2.99. The lowest BCUT2D eigenvalue weighted by atomic mass is 10.1. The van der Waals surface area contributed by atoms with Gasteiger partial charge in [0.25, 0.3) is 5.91 Å². The number of hydrogen-bond acceptors (Lipinski definition) is 6. The smallest absolute Gasteiger partial charge is 0.324 e. The van der Waals surface area contributed by atoms with Gasteiger partial charge in [0, 0.05) is 18.1 Å². The van der Waals surface area contributed by atoms with E-state index in [0.717, 1.165) is 4.90 Å². The molecule has 2 fully saturated rings. The van der Waals surface area contributed by atoms with Gasteiger partial charge in [-0.1, -0.05) is 11.6 Å². The highest BCUT2D eigenvalue weighted by Gasteiger charge is 2.40. The summed E-state index contributed by atoms with van der Waals surface area (Å²) in [6.45, 7) is 1.54. The third kappa shape index (κ3) is 5.12. The number of aliphatic hydroxyl groups is 1. The van der Waals surface area contributed by atoms with E-state index in [9.17, 15) is 19.5 Å². The second-order valence-electron chi connectivity index (χ2n) is 6.57. The van der Waals surface area contributed by atoms with Gasteiger partial charge >= 0.3 is 6.03 Å². The number of urea groups is 1. The standard InChI is InChI=1S/C18H22ClN3O6/c19-12-1-3-14(4-2-12)28-11-13(23)10-22-17(25)15(20-18(22)26)9-16(24)21-5-7-27-8-6-21/h1-4,13,15,23H,5-11H2,(H,20,26). The average Bonchev–Trinajstić information content (AvgIpc) is 2.95. The Hall–Kier alpha value is -2.36. The van der Waals surface area contributed by atoms with Crippen LogP contribution in [0, 0.1) is 0 Å². The van der Waals surface area contributed by atoms with Gasteiger partial charge in [-0.25, -0.2) is 4.79 Å². The van der Waals surface area contributed by atoms with E-state index in [1.54, 1.807) is 29.2 Å². The van der Waals surface area contributed by atoms with Gasteiger partial charge in [0.15, 0.2) is 0 Å². The van der Waals surface area contributed by atoms with Gasteiger partial charge in [-0.3, -0.25) is 14.5 Å². The van der Waals surface area contributed by atoms with E-state index in [1.165, 1.54) is 0 Å². The predicted molar refractivity (Wildman–Crippen MR) is 99.0 cm³/mol. The van der Waals surface area contributed by atoms with Gasteiger partial charge in [0.1, 0.15) is 24.5 Å². The summed E-state index contributed by atoms with van der Waals surface area (Å²) in [5.74, 6) is -0.234. The van der Waals surface area contributed by atoms with Gasteiger partial charge in [0.2, 0.25) is 5.91 Å². The van der Waals surface area contributed by atoms with Crippen molar-refractivity contribution < 1.29 is 29.0 Å². The maximum absolute atomic E-state index is 12.5. The zero-order valence-corrected chi connectivity index (χ0v) is 15.9. The number of nitrogens with zero attached hydrogens (tertiary/aromatic N) is 2. The molecular formula is C18H22ClN3O6. The lowest BCUT2D eigenvalue weighted by Gasteiger charge is -2.27. The molecular weight excluding hydrogens is 390 g/mol. The van der Waals surface area contributed by atoms with E-state index in [1.807, 2.05) is 0 Å². The normalized spacial score (nSPS) is 20.9. The largest absolute Gasteiger partial charge is 0.491 e. The summed E-state index contributed by atoms with van der Waals surface area (Å²) in [7, 11) is 0. The monoisotopic (exact) mass is 411 g/mol. The summed E-state index contributed by atoms with van der Waals surface area (Å²) in [5, 5.41) is 13.2. The number of imide groups is 1. The fraction of sp³-hybridized carbons (Fsp3) is 0.500. The number of aliphatic hydroxyl groups excluding tert-OH is 1. The quantitative estimate of drug-likeness (QED) is 0.622. The van der Waals surface area contributed by atoms with E-state index in [0.29, 0.717) is 37.1 Å². The molecule has 28 heavy (non-hydrogen) atoms. The van der Waals surface area contributed by atoms with E-state index in [4.69, 9.17) is 21.1 Å². The highest BCUT2D eigenvalue weighted by Crippen LogP contribution is 2.16. The van der Waals surface area contributed by atoms with Crippen molar-refractivity contribution in [3.8, 4) is 5.75 Å². The average molecular weight is 412 g/mol. The minimum absolute atomic E-state index is 0.101. The van der Waals surface area contributed by atoms with Crippen LogP contribution in [-0.2, 0) is 14.3 Å². The Balaban J connectivity index is 1.48. The maximum atomic E-state index is 12.5. The van der Waals surface area contributed by atoms with Gasteiger partial charge < -0.3 is 24.8 Å². The number of β-amino-alcohol motifs (C(OH)–C–C–N with tert-alkyl or cyclic N) is 1. The van der Waals surface area contributed by atoms with E-state index < -0.39 is 24.1 Å². The Kier molecular flexibility index (Phi) is 6.71. The minimum atomic E-state index is -1.07. The summed E-state index contributed by atoms with van der Waals surface area (Å²) < 4.78 is 10.6. The molecule has 2 N–H and O–H groups in total. The molecule has 0 spiro atoms. The Morgan fingerprint density at radius 2 is 1.96 bits per heavy atom. The minimum Gasteiger partial charge on any atom is -0.491 e. The Labute approximate surface area is 167 Å². The maximum Gasteiger partial charge on any atom is 0.324 e. The number of morpholine rings is 1. The van der Waals surface area contributed by atoms with E-state index >= 15 is 0 Å². The summed E-state index contributed by atoms with van der Waals surface area (Å²) in [6.07, 6.45) is -1.18. The number of carbonyl (C=O) groups excluding carboxylic acids is 3. The van der Waals surface area contributed by atoms with Crippen LogP contribution in [0.25, 0.3) is 0 Å². The number of hydrogen-bond donors (Lipinski definition) is 2. The van der Waals surface area contributed by atoms with Gasteiger partial charge in [-0.2, -0.15) is 0 Å². The molecule has 1 aromatic carbocycles. The summed E-state index contributed by atoms with van der Waals surface area (Å²) >= 11 is 5.79. The van der Waals surface area contributed by atoms with Gasteiger partial charge in [0.05, 0.1) is 26.2 Å². The number of benzene rings is 1. The molecule has 152 valence electrons. The Bertz CT molecular complexity index is 723. The van der Waals surface area contributed by atoms with Crippen LogP contribution in [0.2, 0.25) is 5.02 Å². The van der Waals surface area contributed by atoms with Crippen LogP contribution in [0.3, 0.4) is 0 Å². The molecule has 0 bridgehead atoms. The number of halogens is 1. The molecule has 0 radical (unpaired) electrons. The van der Waals surface area contributed by atoms with Crippen molar-refractivity contribution in [2.75, 3.05) is 39.5 Å². The van der Waals surface area contributed by atoms with Crippen LogP contribution in [0.4, 0.5) is 4.79 Å². The van der Waals surface area contributed by atoms with Crippen molar-refractivity contribution >= 4 is 29.4 Å². The van der Waals surface area contributed by atoms with E-state index in [2.05, 4.69) is 5.32 Å². The molecule has 10 heteroatoms. The Morgan fingerprint density at radius 1 is 1.29 bits per heavy atom. The first-order chi connectivity index (χ1) is 13.4. The van der Waals surface area contributed by atoms with Crippen molar-refractivity contribution in [3.63, 3.8) is 0 Å². The highest BCUT2D eigenvalue weighted by atomic mass is 35.5. The molecule has 2 aliphatic heterocycles. The first kappa shape index (κ1) is 20.4. The van der Waals surface area contributed by atoms with Crippen LogP contribution in [0.15, 0.2) is 24.3 Å². The lowest BCUT2D eigenvalue weighted by molar-refractivity contribution is -0.138. The molecule has 0 saturated carbocycles. The Morgan fingerprint density at radius 3 is 2.64 bits per heavy atom. The number of nitrogens with one attached hydrogen (secondary N) is 1. The first-order valence-electron chi connectivity index (χ1n) is 8.98. The van der Waals surface area contributed by atoms with Crippen LogP contribution < -0.4 is 10.1 Å². The second-order valence-corrected chi connectivity index (χ2v) is 7.00. The fourth-order valence-corrected chi connectivity index (χ4v) is 3.12. The number of ether oxygens (including phenoxy) is 2. The molecule has 2 heterocycles. The van der Waals surface area contributed by atoms with E-state index in [-0.39, 0.29) is 25.5 Å². The van der Waals surface area contributed by atoms with Crippen LogP contribution in [0.1, 0.15) is 6.42 Å². The molecule has 2 saturated heterocycles. The molecule has 0 aliphatic carbocycles. The molecule has 2 aliphatic rings. The first-order valence-corrected chi connectivity index (χ1v) is 9.35. The van der Waals surface area contributed by atoms with Crippen molar-refractivity contribution in [2.45, 2.75) is 18.6 Å². The van der Waals surface area contributed by atoms with Crippen molar-refractivity contribution in [2.24, 2.45) is 0 Å². The van der Waals surface area contributed by atoms with Gasteiger partial charge in [-0.15, -0.1) is 0 Å². The van der Waals surface area contributed by atoms with Crippen LogP contribution in [0.5, 0.6) is 5.75 Å². The zero-order valence-electron chi connectivity index (χ0n) is 15.2. The molecule has 2 atom stereocenters. The molecule has 0 aromatic heterocycles. The molecule has 3 rings (SSSR count). The zero-order chi connectivity index (χ0) is 20.1. The second kappa shape index (κ2) is 9.22. The highest BCUT2D eigenvalue weighted by molar-refractivity contribution is 6.30. The third-order valence-electron chi connectivity index (χ3n) is 4.50. The number of rotatable bonds is 7. The number of carbonyl (C=O) groups is 3. The van der Waals surface area contributed by atoms with Crippen LogP contribution >= 0.6 is 11.6 Å². The van der Waals surface area contributed by atoms with Crippen molar-refractivity contribution in [1.29, 1.82) is 0 Å². The SMILES string of the molecule is O=C(CC1NC(=O)N(CC(O)COc2ccc(Cl)cc2)C1=O)N1CCOCC1. The summed E-state index contributed by atoms with van der Waals surface area (Å²) in [6, 6.07) is 5.04. The molecule has 4 amide bonds. The van der Waals surface area contributed by atoms with Gasteiger partial charge in [-0.05, 0) is 24.3 Å². The van der Waals surface area contributed by atoms with Crippen molar-refractivity contribution in [3.05, 3.63) is 29.3 Å². The lowest BCUT2D eigenvalue weighted by Crippen LogP contribution is -2.44. The third-order valence-corrected chi connectivity index (χ3v) is 4.75. The van der Waals surface area contributed by atoms with Crippen molar-refractivity contribution in [1.82, 2.24) is 15.1 Å². The predicted octanol–water partition coefficient (Wildman–Crippen LogP) is 0.249. The molecule has 9 nitrogen and oxygen atoms in total. The summed E-state index contributed by atoms with van der Waals surface area (Å²) in [4.78, 5) is 39.4.